The van der Waals surface area contributed by atoms with Crippen LogP contribution in [0.4, 0.5) is 0 Å². The van der Waals surface area contributed by atoms with Crippen molar-refractivity contribution in [2.24, 2.45) is 0 Å². The predicted molar refractivity (Wildman–Crippen MR) is 59.2 cm³/mol. The van der Waals surface area contributed by atoms with E-state index in [0.29, 0.717) is 6.04 Å². The monoisotopic (exact) mass is 203 g/mol. The molecule has 0 aromatic rings. The van der Waals surface area contributed by atoms with Crippen LogP contribution in [0.25, 0.3) is 0 Å². The van der Waals surface area contributed by atoms with Crippen molar-refractivity contribution in [2.75, 3.05) is 12.9 Å². The summed E-state index contributed by atoms with van der Waals surface area (Å²) in [6.45, 7) is 2.30. The average molecular weight is 203 g/mol. The van der Waals surface area contributed by atoms with Crippen LogP contribution in [-0.4, -0.2) is 35.3 Å². The number of nitrogens with one attached hydrogen (secondary N) is 1. The van der Waals surface area contributed by atoms with Crippen molar-refractivity contribution in [1.29, 1.82) is 0 Å². The Morgan fingerprint density at radius 2 is 2.15 bits per heavy atom. The van der Waals surface area contributed by atoms with Gasteiger partial charge < -0.3 is 10.4 Å². The molecule has 0 spiro atoms. The molecule has 2 N–H and O–H groups in total. The first-order chi connectivity index (χ1) is 6.27. The number of hydrogen-bond acceptors (Lipinski definition) is 3. The fraction of sp³-hybridized carbons (Fsp3) is 1.00. The molecule has 2 nitrogen and oxygen atoms in total. The fourth-order valence-electron chi connectivity index (χ4n) is 1.99. The highest BCUT2D eigenvalue weighted by Gasteiger charge is 2.24. The lowest BCUT2D eigenvalue weighted by Crippen LogP contribution is -2.46. The molecule has 13 heavy (non-hydrogen) atoms. The Morgan fingerprint density at radius 1 is 1.46 bits per heavy atom. The number of hydrogen-bond donors (Lipinski definition) is 2. The molecule has 0 saturated heterocycles. The first-order valence-corrected chi connectivity index (χ1v) is 6.46. The van der Waals surface area contributed by atoms with Gasteiger partial charge in [-0.3, -0.25) is 0 Å². The number of aliphatic hydroxyl groups is 1. The van der Waals surface area contributed by atoms with Gasteiger partial charge in [0.1, 0.15) is 0 Å². The quantitative estimate of drug-likeness (QED) is 0.728. The number of aliphatic hydroxyl groups excluding tert-OH is 1. The van der Waals surface area contributed by atoms with Crippen LogP contribution in [0.1, 0.15) is 32.6 Å². The third kappa shape index (κ3) is 3.49. The van der Waals surface area contributed by atoms with Crippen molar-refractivity contribution in [3.63, 3.8) is 0 Å². The molecule has 1 aliphatic rings. The molecule has 0 aromatic carbocycles. The van der Waals surface area contributed by atoms with E-state index in [9.17, 15) is 0 Å². The van der Waals surface area contributed by atoms with Crippen LogP contribution in [0.2, 0.25) is 0 Å². The van der Waals surface area contributed by atoms with E-state index in [4.69, 9.17) is 5.11 Å². The predicted octanol–water partition coefficient (Wildman–Crippen LogP) is 1.63. The normalized spacial score (nSPS) is 31.6. The Balaban J connectivity index is 2.35. The Hall–Kier alpha value is 0.270. The molecule has 1 rings (SSSR count). The molecule has 3 atom stereocenters. The molecule has 0 amide bonds. The van der Waals surface area contributed by atoms with Crippen molar-refractivity contribution in [3.05, 3.63) is 0 Å². The highest BCUT2D eigenvalue weighted by molar-refractivity contribution is 7.99. The molecular formula is C10H21NOS. The van der Waals surface area contributed by atoms with E-state index < -0.39 is 0 Å². The summed E-state index contributed by atoms with van der Waals surface area (Å²) in [4.78, 5) is 0. The summed E-state index contributed by atoms with van der Waals surface area (Å²) < 4.78 is 0. The summed E-state index contributed by atoms with van der Waals surface area (Å²) in [5.41, 5.74) is 0. The molecule has 1 aliphatic carbocycles. The van der Waals surface area contributed by atoms with Crippen LogP contribution < -0.4 is 5.32 Å². The first kappa shape index (κ1) is 11.3. The molecule has 1 fully saturated rings. The molecule has 0 aromatic heterocycles. The Kier molecular flexibility index (Phi) is 5.14. The minimum absolute atomic E-state index is 0.248. The smallest absolute Gasteiger partial charge is 0.0582 e. The SMILES string of the molecule is CSC1CCCCC1N[C@H](C)CO. The third-order valence-electron chi connectivity index (χ3n) is 2.78. The molecule has 78 valence electrons. The second-order valence-corrected chi connectivity index (χ2v) is 4.99. The first-order valence-electron chi connectivity index (χ1n) is 5.17. The van der Waals surface area contributed by atoms with E-state index >= 15 is 0 Å². The minimum Gasteiger partial charge on any atom is -0.395 e. The minimum atomic E-state index is 0.248. The van der Waals surface area contributed by atoms with E-state index in [1.807, 2.05) is 18.7 Å². The fourth-order valence-corrected chi connectivity index (χ4v) is 2.93. The van der Waals surface area contributed by atoms with Gasteiger partial charge in [0, 0.05) is 17.3 Å². The van der Waals surface area contributed by atoms with Crippen LogP contribution in [0.3, 0.4) is 0 Å². The van der Waals surface area contributed by atoms with E-state index in [1.54, 1.807) is 0 Å². The molecule has 0 bridgehead atoms. The standard InChI is InChI=1S/C10H21NOS/c1-8(7-12)11-9-5-3-4-6-10(9)13-2/h8-12H,3-7H2,1-2H3/t8-,9?,10?/m1/s1. The van der Waals surface area contributed by atoms with E-state index in [0.717, 1.165) is 5.25 Å². The van der Waals surface area contributed by atoms with Gasteiger partial charge in [-0.15, -0.1) is 0 Å². The van der Waals surface area contributed by atoms with Crippen molar-refractivity contribution in [2.45, 2.75) is 49.9 Å². The molecule has 0 aliphatic heterocycles. The lowest BCUT2D eigenvalue weighted by molar-refractivity contribution is 0.230. The Morgan fingerprint density at radius 3 is 2.77 bits per heavy atom. The van der Waals surface area contributed by atoms with Crippen molar-refractivity contribution in [1.82, 2.24) is 5.32 Å². The lowest BCUT2D eigenvalue weighted by atomic mass is 9.94. The summed E-state index contributed by atoms with van der Waals surface area (Å²) in [6.07, 6.45) is 7.51. The maximum absolute atomic E-state index is 8.96. The summed E-state index contributed by atoms with van der Waals surface area (Å²) in [7, 11) is 0. The maximum Gasteiger partial charge on any atom is 0.0582 e. The summed E-state index contributed by atoms with van der Waals surface area (Å²) in [6, 6.07) is 0.864. The molecule has 3 heteroatoms. The highest BCUT2D eigenvalue weighted by atomic mass is 32.2. The van der Waals surface area contributed by atoms with Gasteiger partial charge in [-0.2, -0.15) is 11.8 Å². The van der Waals surface area contributed by atoms with Crippen molar-refractivity contribution >= 4 is 11.8 Å². The molecule has 2 unspecified atom stereocenters. The molecule has 0 heterocycles. The van der Waals surface area contributed by atoms with Gasteiger partial charge in [0.05, 0.1) is 6.61 Å². The van der Waals surface area contributed by atoms with Crippen LogP contribution in [-0.2, 0) is 0 Å². The van der Waals surface area contributed by atoms with E-state index in [2.05, 4.69) is 11.6 Å². The Bertz CT molecular complexity index is 143. The van der Waals surface area contributed by atoms with E-state index in [-0.39, 0.29) is 12.6 Å². The maximum atomic E-state index is 8.96. The van der Waals surface area contributed by atoms with Gasteiger partial charge in [-0.05, 0) is 26.0 Å². The third-order valence-corrected chi connectivity index (χ3v) is 3.95. The van der Waals surface area contributed by atoms with Gasteiger partial charge >= 0.3 is 0 Å². The number of thioether (sulfide) groups is 1. The van der Waals surface area contributed by atoms with Gasteiger partial charge in [0.2, 0.25) is 0 Å². The summed E-state index contributed by atoms with van der Waals surface area (Å²) >= 11 is 1.96. The molecule has 0 radical (unpaired) electrons. The van der Waals surface area contributed by atoms with Gasteiger partial charge in [-0.25, -0.2) is 0 Å². The topological polar surface area (TPSA) is 32.3 Å². The van der Waals surface area contributed by atoms with Crippen molar-refractivity contribution in [3.8, 4) is 0 Å². The van der Waals surface area contributed by atoms with Gasteiger partial charge in [0.25, 0.3) is 0 Å². The largest absolute Gasteiger partial charge is 0.395 e. The lowest BCUT2D eigenvalue weighted by Gasteiger charge is -2.32. The highest BCUT2D eigenvalue weighted by Crippen LogP contribution is 2.27. The molecular weight excluding hydrogens is 182 g/mol. The van der Waals surface area contributed by atoms with Crippen molar-refractivity contribution < 1.29 is 5.11 Å². The summed E-state index contributed by atoms with van der Waals surface area (Å²) in [5, 5.41) is 13.2. The molecule has 1 saturated carbocycles. The zero-order chi connectivity index (χ0) is 9.68. The van der Waals surface area contributed by atoms with Crippen LogP contribution in [0.5, 0.6) is 0 Å². The average Bonchev–Trinajstić information content (AvgIpc) is 2.18. The van der Waals surface area contributed by atoms with Crippen LogP contribution >= 0.6 is 11.8 Å². The van der Waals surface area contributed by atoms with E-state index in [1.165, 1.54) is 25.7 Å². The zero-order valence-electron chi connectivity index (χ0n) is 8.62. The second kappa shape index (κ2) is 5.89. The van der Waals surface area contributed by atoms with Gasteiger partial charge in [-0.1, -0.05) is 12.8 Å². The van der Waals surface area contributed by atoms with Crippen LogP contribution in [0, 0.1) is 0 Å². The second-order valence-electron chi connectivity index (χ2n) is 3.92. The van der Waals surface area contributed by atoms with Crippen LogP contribution in [0.15, 0.2) is 0 Å². The zero-order valence-corrected chi connectivity index (χ0v) is 9.44. The van der Waals surface area contributed by atoms with Gasteiger partial charge in [0.15, 0.2) is 0 Å². The Labute approximate surface area is 85.5 Å². The summed E-state index contributed by atoms with van der Waals surface area (Å²) in [5.74, 6) is 0. The number of rotatable bonds is 4.